The van der Waals surface area contributed by atoms with Crippen molar-refractivity contribution in [2.75, 3.05) is 13.2 Å². The fourth-order valence-electron chi connectivity index (χ4n) is 2.31. The van der Waals surface area contributed by atoms with Crippen LogP contribution in [0, 0.1) is 0 Å². The second-order valence-electron chi connectivity index (χ2n) is 5.59. The summed E-state index contributed by atoms with van der Waals surface area (Å²) in [7, 11) is 0. The molecule has 2 aromatic rings. The van der Waals surface area contributed by atoms with Crippen LogP contribution in [-0.2, 0) is 20.8 Å². The van der Waals surface area contributed by atoms with Crippen LogP contribution in [0.4, 0.5) is 0 Å². The molecule has 1 saturated heterocycles. The first-order valence-electron chi connectivity index (χ1n) is 7.21. The summed E-state index contributed by atoms with van der Waals surface area (Å²) in [5, 5.41) is 0. The van der Waals surface area contributed by atoms with Crippen LogP contribution in [0.5, 0.6) is 0 Å². The molecule has 0 amide bonds. The van der Waals surface area contributed by atoms with E-state index in [1.807, 2.05) is 55.5 Å². The molecule has 21 heavy (non-hydrogen) atoms. The molecule has 3 nitrogen and oxygen atoms in total. The van der Waals surface area contributed by atoms with Crippen molar-refractivity contribution in [1.82, 2.24) is 0 Å². The van der Waals surface area contributed by atoms with E-state index in [1.165, 1.54) is 0 Å². The molecule has 0 spiro atoms. The largest absolute Gasteiger partial charge is 0.366 e. The van der Waals surface area contributed by atoms with Crippen molar-refractivity contribution in [2.24, 2.45) is 0 Å². The molecule has 110 valence electrons. The molecule has 0 radical (unpaired) electrons. The van der Waals surface area contributed by atoms with Gasteiger partial charge in [0.05, 0.1) is 19.8 Å². The van der Waals surface area contributed by atoms with Crippen LogP contribution in [0.25, 0.3) is 0 Å². The molecule has 0 bridgehead atoms. The number of hydrogen-bond acceptors (Lipinski definition) is 3. The third-order valence-electron chi connectivity index (χ3n) is 3.58. The molecule has 0 aromatic heterocycles. The fourth-order valence-corrected chi connectivity index (χ4v) is 2.31. The van der Waals surface area contributed by atoms with E-state index in [4.69, 9.17) is 14.2 Å². The molecule has 1 aliphatic rings. The second-order valence-corrected chi connectivity index (χ2v) is 5.59. The van der Waals surface area contributed by atoms with Crippen molar-refractivity contribution in [3.05, 3.63) is 71.8 Å². The Morgan fingerprint density at radius 3 is 2.14 bits per heavy atom. The molecule has 1 aliphatic heterocycles. The van der Waals surface area contributed by atoms with Crippen LogP contribution in [-0.4, -0.2) is 18.8 Å². The Balaban J connectivity index is 1.54. The summed E-state index contributed by atoms with van der Waals surface area (Å²) in [6.45, 7) is 3.65. The first kappa shape index (κ1) is 14.3. The molecule has 1 fully saturated rings. The molecule has 0 atom stereocenters. The molecule has 3 heteroatoms. The third kappa shape index (κ3) is 3.70. The Labute approximate surface area is 125 Å². The lowest BCUT2D eigenvalue weighted by atomic mass is 10.1. The van der Waals surface area contributed by atoms with Crippen molar-refractivity contribution < 1.29 is 14.2 Å². The Bertz CT molecular complexity index is 545. The van der Waals surface area contributed by atoms with Crippen molar-refractivity contribution in [3.8, 4) is 0 Å². The van der Waals surface area contributed by atoms with E-state index in [0.717, 1.165) is 11.1 Å². The topological polar surface area (TPSA) is 27.7 Å². The summed E-state index contributed by atoms with van der Waals surface area (Å²) in [6, 6.07) is 20.1. The van der Waals surface area contributed by atoms with Gasteiger partial charge in [-0.3, -0.25) is 0 Å². The molecular formula is C18H20O3. The first-order chi connectivity index (χ1) is 10.3. The lowest BCUT2D eigenvalue weighted by Crippen LogP contribution is -2.44. The van der Waals surface area contributed by atoms with Crippen LogP contribution in [0.3, 0.4) is 0 Å². The monoisotopic (exact) mass is 284 g/mol. The summed E-state index contributed by atoms with van der Waals surface area (Å²) in [4.78, 5) is 0. The van der Waals surface area contributed by atoms with Crippen molar-refractivity contribution in [1.29, 1.82) is 0 Å². The summed E-state index contributed by atoms with van der Waals surface area (Å²) >= 11 is 0. The van der Waals surface area contributed by atoms with Gasteiger partial charge in [-0.2, -0.15) is 0 Å². The van der Waals surface area contributed by atoms with Gasteiger partial charge >= 0.3 is 0 Å². The number of rotatable bonds is 4. The maximum atomic E-state index is 5.99. The van der Waals surface area contributed by atoms with E-state index >= 15 is 0 Å². The van der Waals surface area contributed by atoms with Gasteiger partial charge in [-0.05, 0) is 12.5 Å². The zero-order chi connectivity index (χ0) is 14.5. The average molecular weight is 284 g/mol. The maximum absolute atomic E-state index is 5.99. The van der Waals surface area contributed by atoms with Crippen LogP contribution in [0.1, 0.15) is 24.3 Å². The SMILES string of the molecule is C[C@]1(OCc2ccccc2)CO[C@@H](c2ccccc2)OC1. The van der Waals surface area contributed by atoms with Gasteiger partial charge in [0, 0.05) is 5.56 Å². The number of ether oxygens (including phenoxy) is 3. The first-order valence-corrected chi connectivity index (χ1v) is 7.21. The molecule has 0 unspecified atom stereocenters. The van der Waals surface area contributed by atoms with Gasteiger partial charge in [0.1, 0.15) is 5.60 Å². The Kier molecular flexibility index (Phi) is 4.34. The van der Waals surface area contributed by atoms with Gasteiger partial charge < -0.3 is 14.2 Å². The number of benzene rings is 2. The zero-order valence-corrected chi connectivity index (χ0v) is 12.2. The van der Waals surface area contributed by atoms with E-state index in [9.17, 15) is 0 Å². The molecule has 0 N–H and O–H groups in total. The van der Waals surface area contributed by atoms with Gasteiger partial charge in [0.2, 0.25) is 0 Å². The summed E-state index contributed by atoms with van der Waals surface area (Å²) in [5.41, 5.74) is 1.80. The smallest absolute Gasteiger partial charge is 0.184 e. The molecule has 1 heterocycles. The highest BCUT2D eigenvalue weighted by Gasteiger charge is 2.34. The van der Waals surface area contributed by atoms with Gasteiger partial charge in [-0.1, -0.05) is 60.7 Å². The minimum Gasteiger partial charge on any atom is -0.366 e. The van der Waals surface area contributed by atoms with Gasteiger partial charge in [0.25, 0.3) is 0 Å². The van der Waals surface area contributed by atoms with Crippen molar-refractivity contribution in [3.63, 3.8) is 0 Å². The third-order valence-corrected chi connectivity index (χ3v) is 3.58. The zero-order valence-electron chi connectivity index (χ0n) is 12.2. The Morgan fingerprint density at radius 2 is 1.52 bits per heavy atom. The average Bonchev–Trinajstić information content (AvgIpc) is 2.56. The lowest BCUT2D eigenvalue weighted by molar-refractivity contribution is -0.267. The van der Waals surface area contributed by atoms with Crippen molar-refractivity contribution >= 4 is 0 Å². The van der Waals surface area contributed by atoms with Crippen LogP contribution in [0.15, 0.2) is 60.7 Å². The van der Waals surface area contributed by atoms with Crippen LogP contribution >= 0.6 is 0 Å². The summed E-state index contributed by atoms with van der Waals surface area (Å²) in [6.07, 6.45) is -0.292. The van der Waals surface area contributed by atoms with Crippen molar-refractivity contribution in [2.45, 2.75) is 25.4 Å². The Hall–Kier alpha value is -1.68. The molecule has 2 aromatic carbocycles. The highest BCUT2D eigenvalue weighted by molar-refractivity contribution is 5.16. The fraction of sp³-hybridized carbons (Fsp3) is 0.333. The lowest BCUT2D eigenvalue weighted by Gasteiger charge is -2.37. The van der Waals surface area contributed by atoms with E-state index < -0.39 is 5.60 Å². The predicted octanol–water partition coefficient (Wildman–Crippen LogP) is 3.71. The minimum absolute atomic E-state index is 0.292. The standard InChI is InChI=1S/C18H20O3/c1-18(21-12-15-8-4-2-5-9-15)13-19-17(20-14-18)16-10-6-3-7-11-16/h2-11,17H,12-14H2,1H3/t17-,18+. The molecular weight excluding hydrogens is 264 g/mol. The van der Waals surface area contributed by atoms with Crippen LogP contribution in [0.2, 0.25) is 0 Å². The second kappa shape index (κ2) is 6.39. The van der Waals surface area contributed by atoms with Gasteiger partial charge in [-0.15, -0.1) is 0 Å². The van der Waals surface area contributed by atoms with E-state index in [0.29, 0.717) is 19.8 Å². The molecule has 0 saturated carbocycles. The quantitative estimate of drug-likeness (QED) is 0.856. The normalized spacial score (nSPS) is 25.7. The molecule has 0 aliphatic carbocycles. The maximum Gasteiger partial charge on any atom is 0.184 e. The van der Waals surface area contributed by atoms with Crippen LogP contribution < -0.4 is 0 Å². The predicted molar refractivity (Wildman–Crippen MR) is 80.7 cm³/mol. The minimum atomic E-state index is -0.402. The highest BCUT2D eigenvalue weighted by Crippen LogP contribution is 2.29. The van der Waals surface area contributed by atoms with E-state index in [-0.39, 0.29) is 6.29 Å². The van der Waals surface area contributed by atoms with Gasteiger partial charge in [0.15, 0.2) is 6.29 Å². The summed E-state index contributed by atoms with van der Waals surface area (Å²) in [5.74, 6) is 0. The van der Waals surface area contributed by atoms with E-state index in [1.54, 1.807) is 0 Å². The number of hydrogen-bond donors (Lipinski definition) is 0. The molecule has 3 rings (SSSR count). The summed E-state index contributed by atoms with van der Waals surface area (Å²) < 4.78 is 17.6. The van der Waals surface area contributed by atoms with E-state index in [2.05, 4.69) is 12.1 Å². The van der Waals surface area contributed by atoms with Gasteiger partial charge in [-0.25, -0.2) is 0 Å². The highest BCUT2D eigenvalue weighted by atomic mass is 16.7. The Morgan fingerprint density at radius 1 is 0.952 bits per heavy atom.